The molecule has 0 saturated heterocycles. The molecule has 2 aromatic carbocycles. The Bertz CT molecular complexity index is 773. The first-order valence-electron chi connectivity index (χ1n) is 7.94. The van der Waals surface area contributed by atoms with E-state index >= 15 is 0 Å². The highest BCUT2D eigenvalue weighted by Crippen LogP contribution is 2.32. The second-order valence-corrected chi connectivity index (χ2v) is 5.95. The summed E-state index contributed by atoms with van der Waals surface area (Å²) in [5.41, 5.74) is 5.08. The van der Waals surface area contributed by atoms with Gasteiger partial charge in [-0.05, 0) is 59.2 Å². The normalized spacial score (nSPS) is 13.4. The molecule has 1 aliphatic carbocycles. The van der Waals surface area contributed by atoms with E-state index in [2.05, 4.69) is 31.2 Å². The summed E-state index contributed by atoms with van der Waals surface area (Å²) in [7, 11) is 0. The van der Waals surface area contributed by atoms with E-state index in [4.69, 9.17) is 5.11 Å². The van der Waals surface area contributed by atoms with Crippen molar-refractivity contribution < 1.29 is 14.3 Å². The fourth-order valence-corrected chi connectivity index (χ4v) is 3.08. The highest BCUT2D eigenvalue weighted by atomic mass is 19.1. The van der Waals surface area contributed by atoms with Gasteiger partial charge in [0.25, 0.3) is 0 Å². The average molecular weight is 310 g/mol. The summed E-state index contributed by atoms with van der Waals surface area (Å²) < 4.78 is 13.9. The maximum atomic E-state index is 13.9. The van der Waals surface area contributed by atoms with Crippen molar-refractivity contribution in [3.05, 3.63) is 70.0 Å². The Kier molecular flexibility index (Phi) is 4.28. The van der Waals surface area contributed by atoms with Crippen LogP contribution in [0, 0.1) is 5.82 Å². The molecule has 0 unspecified atom stereocenters. The molecule has 0 fully saturated rings. The van der Waals surface area contributed by atoms with Crippen molar-refractivity contribution in [2.24, 2.45) is 0 Å². The molecular weight excluding hydrogens is 291 g/mol. The first kappa shape index (κ1) is 15.5. The summed E-state index contributed by atoms with van der Waals surface area (Å²) in [5, 5.41) is 9.01. The second-order valence-electron chi connectivity index (χ2n) is 5.95. The first-order valence-corrected chi connectivity index (χ1v) is 7.94. The number of allylic oxidation sites excluding steroid dienone is 1. The molecule has 0 spiro atoms. The zero-order valence-corrected chi connectivity index (χ0v) is 13.1. The number of fused-ring (bicyclic) bond motifs is 1. The minimum atomic E-state index is -1.22. The minimum Gasteiger partial charge on any atom is -0.478 e. The van der Waals surface area contributed by atoms with Crippen molar-refractivity contribution in [3.63, 3.8) is 0 Å². The summed E-state index contributed by atoms with van der Waals surface area (Å²) in [6.45, 7) is 2.16. The molecule has 2 nitrogen and oxygen atoms in total. The Labute approximate surface area is 135 Å². The molecule has 0 aliphatic heterocycles. The molecule has 118 valence electrons. The molecule has 1 aliphatic rings. The lowest BCUT2D eigenvalue weighted by Crippen LogP contribution is -2.06. The maximum absolute atomic E-state index is 13.9. The molecule has 23 heavy (non-hydrogen) atoms. The predicted molar refractivity (Wildman–Crippen MR) is 90.0 cm³/mol. The Morgan fingerprint density at radius 2 is 1.91 bits per heavy atom. The molecule has 0 saturated carbocycles. The Morgan fingerprint density at radius 1 is 1.17 bits per heavy atom. The van der Waals surface area contributed by atoms with Crippen LogP contribution in [0.3, 0.4) is 0 Å². The second kappa shape index (κ2) is 6.37. The minimum absolute atomic E-state index is 0.246. The summed E-state index contributed by atoms with van der Waals surface area (Å²) >= 11 is 0. The van der Waals surface area contributed by atoms with E-state index in [1.54, 1.807) is 0 Å². The molecule has 0 atom stereocenters. The van der Waals surface area contributed by atoms with Gasteiger partial charge in [0.05, 0.1) is 5.56 Å². The third-order valence-corrected chi connectivity index (χ3v) is 4.32. The van der Waals surface area contributed by atoms with Gasteiger partial charge in [0.2, 0.25) is 0 Å². The van der Waals surface area contributed by atoms with Crippen LogP contribution >= 0.6 is 0 Å². The maximum Gasteiger partial charge on any atom is 0.338 e. The van der Waals surface area contributed by atoms with E-state index in [1.165, 1.54) is 23.3 Å². The fourth-order valence-electron chi connectivity index (χ4n) is 3.08. The lowest BCUT2D eigenvalue weighted by molar-refractivity contribution is 0.0691. The number of halogens is 1. The molecule has 1 N–H and O–H groups in total. The smallest absolute Gasteiger partial charge is 0.338 e. The van der Waals surface area contributed by atoms with Crippen LogP contribution < -0.4 is 0 Å². The van der Waals surface area contributed by atoms with Gasteiger partial charge in [-0.2, -0.15) is 0 Å². The van der Waals surface area contributed by atoms with E-state index in [0.717, 1.165) is 42.4 Å². The summed E-state index contributed by atoms with van der Waals surface area (Å²) in [6.07, 6.45) is 5.75. The third kappa shape index (κ3) is 3.19. The Hall–Kier alpha value is -2.42. The van der Waals surface area contributed by atoms with Gasteiger partial charge in [0, 0.05) is 0 Å². The molecule has 0 radical (unpaired) electrons. The fraction of sp³-hybridized carbons (Fsp3) is 0.250. The number of hydrogen-bond donors (Lipinski definition) is 1. The standard InChI is InChI=1S/C20H19FO2/c1-2-3-13-4-6-14(7-5-13)15-8-9-16-11-18(20(22)23)19(21)12-17(16)10-15/h4-7,10-12H,2-3,8-9H2,1H3,(H,22,23). The molecule has 0 amide bonds. The van der Waals surface area contributed by atoms with Crippen molar-refractivity contribution >= 4 is 17.6 Å². The van der Waals surface area contributed by atoms with Crippen LogP contribution in [0.25, 0.3) is 11.6 Å². The highest BCUT2D eigenvalue weighted by Gasteiger charge is 2.18. The largest absolute Gasteiger partial charge is 0.478 e. The van der Waals surface area contributed by atoms with Crippen molar-refractivity contribution in [1.29, 1.82) is 0 Å². The van der Waals surface area contributed by atoms with E-state index in [9.17, 15) is 9.18 Å². The Morgan fingerprint density at radius 3 is 2.57 bits per heavy atom. The molecular formula is C20H19FO2. The number of aryl methyl sites for hydroxylation is 2. The topological polar surface area (TPSA) is 37.3 Å². The van der Waals surface area contributed by atoms with Crippen LogP contribution in [0.15, 0.2) is 36.4 Å². The molecule has 0 bridgehead atoms. The van der Waals surface area contributed by atoms with Crippen LogP contribution in [0.5, 0.6) is 0 Å². The van der Waals surface area contributed by atoms with Crippen LogP contribution in [-0.4, -0.2) is 11.1 Å². The van der Waals surface area contributed by atoms with E-state index in [1.807, 2.05) is 6.08 Å². The van der Waals surface area contributed by atoms with Crippen LogP contribution in [0.4, 0.5) is 4.39 Å². The van der Waals surface area contributed by atoms with Crippen LogP contribution in [-0.2, 0) is 12.8 Å². The van der Waals surface area contributed by atoms with Gasteiger partial charge in [0.1, 0.15) is 5.82 Å². The van der Waals surface area contributed by atoms with Gasteiger partial charge in [-0.3, -0.25) is 0 Å². The number of carboxylic acid groups (broad SMARTS) is 1. The van der Waals surface area contributed by atoms with Gasteiger partial charge in [-0.25, -0.2) is 9.18 Å². The zero-order chi connectivity index (χ0) is 16.4. The lowest BCUT2D eigenvalue weighted by atomic mass is 9.87. The molecule has 3 rings (SSSR count). The van der Waals surface area contributed by atoms with Crippen molar-refractivity contribution in [2.45, 2.75) is 32.6 Å². The summed E-state index contributed by atoms with van der Waals surface area (Å²) in [5.74, 6) is -1.89. The van der Waals surface area contributed by atoms with Gasteiger partial charge >= 0.3 is 5.97 Å². The lowest BCUT2D eigenvalue weighted by Gasteiger charge is -2.18. The summed E-state index contributed by atoms with van der Waals surface area (Å²) in [4.78, 5) is 11.0. The van der Waals surface area contributed by atoms with Crippen LogP contribution in [0.2, 0.25) is 0 Å². The number of carbonyl (C=O) groups is 1. The van der Waals surface area contributed by atoms with Gasteiger partial charge in [0.15, 0.2) is 0 Å². The van der Waals surface area contributed by atoms with Gasteiger partial charge in [-0.15, -0.1) is 0 Å². The van der Waals surface area contributed by atoms with Gasteiger partial charge in [-0.1, -0.05) is 43.7 Å². The molecule has 3 heteroatoms. The molecule has 2 aromatic rings. The van der Waals surface area contributed by atoms with Crippen molar-refractivity contribution in [1.82, 2.24) is 0 Å². The van der Waals surface area contributed by atoms with E-state index < -0.39 is 11.8 Å². The first-order chi connectivity index (χ1) is 11.1. The number of rotatable bonds is 4. The van der Waals surface area contributed by atoms with E-state index in [-0.39, 0.29) is 5.56 Å². The third-order valence-electron chi connectivity index (χ3n) is 4.32. The average Bonchev–Trinajstić information content (AvgIpc) is 2.54. The van der Waals surface area contributed by atoms with Gasteiger partial charge < -0.3 is 5.11 Å². The zero-order valence-electron chi connectivity index (χ0n) is 13.1. The van der Waals surface area contributed by atoms with Crippen LogP contribution in [0.1, 0.15) is 52.4 Å². The quantitative estimate of drug-likeness (QED) is 0.866. The van der Waals surface area contributed by atoms with Crippen molar-refractivity contribution in [3.8, 4) is 0 Å². The number of carboxylic acids is 1. The SMILES string of the molecule is CCCc1ccc(C2=Cc3cc(F)c(C(=O)O)cc3CC2)cc1. The Balaban J connectivity index is 1.93. The van der Waals surface area contributed by atoms with Crippen molar-refractivity contribution in [2.75, 3.05) is 0 Å². The highest BCUT2D eigenvalue weighted by molar-refractivity contribution is 5.90. The molecule has 0 heterocycles. The number of aromatic carboxylic acids is 1. The summed E-state index contributed by atoms with van der Waals surface area (Å²) in [6, 6.07) is 11.3. The number of hydrogen-bond acceptors (Lipinski definition) is 1. The number of benzene rings is 2. The van der Waals surface area contributed by atoms with E-state index in [0.29, 0.717) is 0 Å². The predicted octanol–water partition coefficient (Wildman–Crippen LogP) is 4.96. The molecule has 0 aromatic heterocycles. The monoisotopic (exact) mass is 310 g/mol.